The number of carbonyl (C=O) groups excluding carboxylic acids is 1. The van der Waals surface area contributed by atoms with Crippen molar-refractivity contribution in [2.24, 2.45) is 5.92 Å². The first-order chi connectivity index (χ1) is 13.1. The molecule has 27 heavy (non-hydrogen) atoms. The lowest BCUT2D eigenvalue weighted by Gasteiger charge is -2.11. The standard InChI is InChI=1S/C22H23NO4/c1-27-21-12-16(8-9-18(21)11-15-6-7-15)10-17(14-24)13-23-20-5-3-2-4-19(20)22(25)26/h2-5,8-10,12,14-15,23H,6-7,11,13H2,1H3,(H,25,26)/b17-10-. The molecule has 0 unspecified atom stereocenters. The first-order valence-corrected chi connectivity index (χ1v) is 8.99. The quantitative estimate of drug-likeness (QED) is 0.518. The summed E-state index contributed by atoms with van der Waals surface area (Å²) in [4.78, 5) is 22.7. The molecule has 1 fully saturated rings. The Bertz CT molecular complexity index is 868. The molecule has 2 aromatic rings. The highest BCUT2D eigenvalue weighted by molar-refractivity contribution is 5.94. The van der Waals surface area contributed by atoms with Crippen molar-refractivity contribution in [3.05, 3.63) is 64.7 Å². The Labute approximate surface area is 158 Å². The van der Waals surface area contributed by atoms with Crippen LogP contribution in [-0.2, 0) is 11.2 Å². The number of aldehydes is 1. The van der Waals surface area contributed by atoms with Crippen molar-refractivity contribution >= 4 is 24.0 Å². The summed E-state index contributed by atoms with van der Waals surface area (Å²) in [7, 11) is 1.66. The van der Waals surface area contributed by atoms with Crippen molar-refractivity contribution < 1.29 is 19.4 Å². The molecule has 0 bridgehead atoms. The van der Waals surface area contributed by atoms with Gasteiger partial charge in [-0.15, -0.1) is 0 Å². The maximum absolute atomic E-state index is 11.5. The van der Waals surface area contributed by atoms with Gasteiger partial charge in [-0.05, 0) is 60.6 Å². The van der Waals surface area contributed by atoms with Gasteiger partial charge in [0.1, 0.15) is 12.0 Å². The second-order valence-corrected chi connectivity index (χ2v) is 6.76. The third-order valence-electron chi connectivity index (χ3n) is 4.66. The number of anilines is 1. The Kier molecular flexibility index (Phi) is 5.91. The van der Waals surface area contributed by atoms with Gasteiger partial charge in [-0.25, -0.2) is 4.79 Å². The van der Waals surface area contributed by atoms with Crippen LogP contribution >= 0.6 is 0 Å². The Morgan fingerprint density at radius 1 is 1.26 bits per heavy atom. The van der Waals surface area contributed by atoms with Crippen molar-refractivity contribution in [3.8, 4) is 5.75 Å². The van der Waals surface area contributed by atoms with Crippen molar-refractivity contribution in [1.29, 1.82) is 0 Å². The molecule has 0 atom stereocenters. The predicted octanol–water partition coefficient (Wildman–Crippen LogP) is 4.04. The number of benzene rings is 2. The molecule has 1 aliphatic carbocycles. The number of hydrogen-bond acceptors (Lipinski definition) is 4. The molecule has 0 aromatic heterocycles. The molecule has 0 aliphatic heterocycles. The number of aromatic carboxylic acids is 1. The van der Waals surface area contributed by atoms with Crippen LogP contribution in [0.5, 0.6) is 5.75 Å². The molecule has 0 radical (unpaired) electrons. The van der Waals surface area contributed by atoms with E-state index in [0.717, 1.165) is 29.9 Å². The van der Waals surface area contributed by atoms with E-state index in [0.29, 0.717) is 11.3 Å². The molecule has 0 amide bonds. The maximum atomic E-state index is 11.5. The van der Waals surface area contributed by atoms with Crippen LogP contribution < -0.4 is 10.1 Å². The minimum absolute atomic E-state index is 0.175. The summed E-state index contributed by atoms with van der Waals surface area (Å²) in [5.41, 5.74) is 3.25. The number of methoxy groups -OCH3 is 1. The van der Waals surface area contributed by atoms with Gasteiger partial charge in [-0.2, -0.15) is 0 Å². The van der Waals surface area contributed by atoms with Gasteiger partial charge in [0.05, 0.1) is 12.7 Å². The number of hydrogen-bond donors (Lipinski definition) is 2. The van der Waals surface area contributed by atoms with Gasteiger partial charge in [-0.1, -0.05) is 24.3 Å². The number of carbonyl (C=O) groups is 2. The molecule has 5 heteroatoms. The molecule has 0 heterocycles. The van der Waals surface area contributed by atoms with Crippen molar-refractivity contribution in [1.82, 2.24) is 0 Å². The van der Waals surface area contributed by atoms with E-state index in [2.05, 4.69) is 11.4 Å². The SMILES string of the molecule is COc1cc(/C=C(\C=O)CNc2ccccc2C(=O)O)ccc1CC1CC1. The van der Waals surface area contributed by atoms with Crippen LogP contribution in [0, 0.1) is 5.92 Å². The van der Waals surface area contributed by atoms with Gasteiger partial charge < -0.3 is 15.2 Å². The molecule has 140 valence electrons. The fourth-order valence-electron chi connectivity index (χ4n) is 3.01. The fraction of sp³-hybridized carbons (Fsp3) is 0.273. The molecule has 0 spiro atoms. The lowest BCUT2D eigenvalue weighted by molar-refractivity contribution is -0.104. The highest BCUT2D eigenvalue weighted by atomic mass is 16.5. The average Bonchev–Trinajstić information content (AvgIpc) is 3.50. The summed E-state index contributed by atoms with van der Waals surface area (Å²) in [6.07, 6.45) is 6.15. The fourth-order valence-corrected chi connectivity index (χ4v) is 3.01. The molecule has 2 aromatic carbocycles. The van der Waals surface area contributed by atoms with Crippen molar-refractivity contribution in [2.45, 2.75) is 19.3 Å². The first kappa shape index (κ1) is 18.7. The highest BCUT2D eigenvalue weighted by Crippen LogP contribution is 2.35. The van der Waals surface area contributed by atoms with E-state index in [1.54, 1.807) is 31.4 Å². The molecule has 0 saturated heterocycles. The largest absolute Gasteiger partial charge is 0.496 e. The minimum Gasteiger partial charge on any atom is -0.496 e. The van der Waals surface area contributed by atoms with Gasteiger partial charge in [0.25, 0.3) is 0 Å². The van der Waals surface area contributed by atoms with Gasteiger partial charge in [-0.3, -0.25) is 4.79 Å². The Morgan fingerprint density at radius 3 is 2.70 bits per heavy atom. The molecule has 3 rings (SSSR count). The van der Waals surface area contributed by atoms with E-state index in [1.165, 1.54) is 24.5 Å². The van der Waals surface area contributed by atoms with Crippen LogP contribution in [0.2, 0.25) is 0 Å². The molecule has 1 saturated carbocycles. The van der Waals surface area contributed by atoms with Crippen LogP contribution in [-0.4, -0.2) is 31.0 Å². The third kappa shape index (κ3) is 4.97. The Morgan fingerprint density at radius 2 is 2.04 bits per heavy atom. The lowest BCUT2D eigenvalue weighted by atomic mass is 10.0. The Balaban J connectivity index is 1.74. The highest BCUT2D eigenvalue weighted by Gasteiger charge is 2.23. The number of nitrogens with one attached hydrogen (secondary N) is 1. The van der Waals surface area contributed by atoms with Gasteiger partial charge in [0, 0.05) is 17.8 Å². The normalized spacial score (nSPS) is 13.9. The number of rotatable bonds is 9. The minimum atomic E-state index is -1.01. The third-order valence-corrected chi connectivity index (χ3v) is 4.66. The van der Waals surface area contributed by atoms with Crippen LogP contribution in [0.1, 0.15) is 34.3 Å². The summed E-state index contributed by atoms with van der Waals surface area (Å²) in [6.45, 7) is 0.236. The smallest absolute Gasteiger partial charge is 0.337 e. The zero-order chi connectivity index (χ0) is 19.2. The molecular formula is C22H23NO4. The molecular weight excluding hydrogens is 342 g/mol. The van der Waals surface area contributed by atoms with Gasteiger partial charge in [0.15, 0.2) is 0 Å². The van der Waals surface area contributed by atoms with Gasteiger partial charge >= 0.3 is 5.97 Å². The van der Waals surface area contributed by atoms with Crippen LogP contribution in [0.3, 0.4) is 0 Å². The monoisotopic (exact) mass is 365 g/mol. The summed E-state index contributed by atoms with van der Waals surface area (Å²) in [6, 6.07) is 12.6. The van der Waals surface area contributed by atoms with Gasteiger partial charge in [0.2, 0.25) is 0 Å². The van der Waals surface area contributed by atoms with E-state index in [4.69, 9.17) is 4.74 Å². The second kappa shape index (κ2) is 8.54. The maximum Gasteiger partial charge on any atom is 0.337 e. The van der Waals surface area contributed by atoms with E-state index in [9.17, 15) is 14.7 Å². The average molecular weight is 365 g/mol. The lowest BCUT2D eigenvalue weighted by Crippen LogP contribution is -2.10. The van der Waals surface area contributed by atoms with E-state index >= 15 is 0 Å². The Hall–Kier alpha value is -3.08. The zero-order valence-electron chi connectivity index (χ0n) is 15.3. The predicted molar refractivity (Wildman–Crippen MR) is 105 cm³/mol. The first-order valence-electron chi connectivity index (χ1n) is 8.99. The topological polar surface area (TPSA) is 75.6 Å². The van der Waals surface area contributed by atoms with Crippen LogP contribution in [0.25, 0.3) is 6.08 Å². The molecule has 5 nitrogen and oxygen atoms in total. The summed E-state index contributed by atoms with van der Waals surface area (Å²) in [5, 5.41) is 12.3. The van der Waals surface area contributed by atoms with Crippen molar-refractivity contribution in [3.63, 3.8) is 0 Å². The second-order valence-electron chi connectivity index (χ2n) is 6.76. The van der Waals surface area contributed by atoms with E-state index < -0.39 is 5.97 Å². The number of carboxylic acids is 1. The summed E-state index contributed by atoms with van der Waals surface area (Å²) < 4.78 is 5.50. The van der Waals surface area contributed by atoms with Crippen LogP contribution in [0.15, 0.2) is 48.0 Å². The van der Waals surface area contributed by atoms with E-state index in [1.807, 2.05) is 12.1 Å². The molecule has 1 aliphatic rings. The van der Waals surface area contributed by atoms with Crippen LogP contribution in [0.4, 0.5) is 5.69 Å². The summed E-state index contributed by atoms with van der Waals surface area (Å²) >= 11 is 0. The van der Waals surface area contributed by atoms with E-state index in [-0.39, 0.29) is 12.1 Å². The number of carboxylic acid groups (broad SMARTS) is 1. The summed E-state index contributed by atoms with van der Waals surface area (Å²) in [5.74, 6) is 0.597. The van der Waals surface area contributed by atoms with Crippen molar-refractivity contribution in [2.75, 3.05) is 19.0 Å². The number of ether oxygens (including phenoxy) is 1. The zero-order valence-corrected chi connectivity index (χ0v) is 15.3. The molecule has 2 N–H and O–H groups in total. The number of para-hydroxylation sites is 1.